The van der Waals surface area contributed by atoms with Crippen LogP contribution in [-0.4, -0.2) is 29.3 Å². The summed E-state index contributed by atoms with van der Waals surface area (Å²) in [7, 11) is 0. The van der Waals surface area contributed by atoms with E-state index in [1.165, 1.54) is 35.6 Å². The van der Waals surface area contributed by atoms with Crippen molar-refractivity contribution in [2.24, 2.45) is 0 Å². The van der Waals surface area contributed by atoms with E-state index >= 15 is 0 Å². The molecule has 0 bridgehead atoms. The van der Waals surface area contributed by atoms with Gasteiger partial charge in [0.05, 0.1) is 20.9 Å². The maximum atomic E-state index is 12.8. The van der Waals surface area contributed by atoms with Crippen LogP contribution in [0.3, 0.4) is 0 Å². The number of anilines is 2. The number of benzene rings is 2. The summed E-state index contributed by atoms with van der Waals surface area (Å²) in [6, 6.07) is 10.6. The van der Waals surface area contributed by atoms with Gasteiger partial charge in [0.25, 0.3) is 17.5 Å². The molecule has 0 saturated carbocycles. The van der Waals surface area contributed by atoms with Gasteiger partial charge in [0.2, 0.25) is 0 Å². The van der Waals surface area contributed by atoms with E-state index in [0.29, 0.717) is 22.7 Å². The van der Waals surface area contributed by atoms with Crippen LogP contribution in [0.4, 0.5) is 30.2 Å². The number of halogens is 3. The van der Waals surface area contributed by atoms with Crippen LogP contribution in [0.15, 0.2) is 60.0 Å². The van der Waals surface area contributed by atoms with Gasteiger partial charge in [0.15, 0.2) is 6.61 Å². The zero-order valence-electron chi connectivity index (χ0n) is 16.9. The van der Waals surface area contributed by atoms with Crippen LogP contribution in [0.5, 0.6) is 0 Å². The molecule has 0 spiro atoms. The molecule has 176 valence electrons. The lowest BCUT2D eigenvalue weighted by atomic mass is 10.1. The molecular weight excluding hydrogens is 479 g/mol. The molecule has 0 aliphatic rings. The van der Waals surface area contributed by atoms with Crippen molar-refractivity contribution in [3.8, 4) is 0 Å². The summed E-state index contributed by atoms with van der Waals surface area (Å²) < 4.78 is 43.1. The highest BCUT2D eigenvalue weighted by atomic mass is 32.1. The van der Waals surface area contributed by atoms with E-state index in [1.807, 2.05) is 5.32 Å². The molecule has 2 N–H and O–H groups in total. The van der Waals surface area contributed by atoms with Gasteiger partial charge in [-0.1, -0.05) is 6.07 Å². The van der Waals surface area contributed by atoms with E-state index in [9.17, 15) is 37.7 Å². The van der Waals surface area contributed by atoms with Crippen molar-refractivity contribution >= 4 is 46.2 Å². The van der Waals surface area contributed by atoms with E-state index in [1.54, 1.807) is 17.5 Å². The minimum absolute atomic E-state index is 0.0578. The Morgan fingerprint density at radius 3 is 2.32 bits per heavy atom. The molecule has 13 heteroatoms. The van der Waals surface area contributed by atoms with Gasteiger partial charge in [-0.25, -0.2) is 4.79 Å². The Hall–Kier alpha value is -4.26. The molecule has 2 amide bonds. The first kappa shape index (κ1) is 24.4. The lowest BCUT2D eigenvalue weighted by Crippen LogP contribution is -2.21. The van der Waals surface area contributed by atoms with Gasteiger partial charge in [-0.15, -0.1) is 11.3 Å². The predicted molar refractivity (Wildman–Crippen MR) is 116 cm³/mol. The smallest absolute Gasteiger partial charge is 0.416 e. The molecule has 0 atom stereocenters. The molecule has 0 aliphatic carbocycles. The first-order valence-electron chi connectivity index (χ1n) is 9.32. The number of rotatable bonds is 7. The number of nitro benzene ring substituents is 1. The number of carbonyl (C=O) groups excluding carboxylic acids is 3. The van der Waals surface area contributed by atoms with Crippen molar-refractivity contribution in [1.82, 2.24) is 0 Å². The number of alkyl halides is 3. The second kappa shape index (κ2) is 10.1. The number of nitrogens with zero attached hydrogens (tertiary/aromatic N) is 1. The quantitative estimate of drug-likeness (QED) is 0.278. The van der Waals surface area contributed by atoms with Crippen LogP contribution in [0.2, 0.25) is 0 Å². The minimum Gasteiger partial charge on any atom is -0.452 e. The second-order valence-corrected chi connectivity index (χ2v) is 7.57. The molecule has 0 fully saturated rings. The zero-order valence-corrected chi connectivity index (χ0v) is 17.7. The molecule has 1 heterocycles. The number of ether oxygens (including phenoxy) is 1. The Bertz CT molecular complexity index is 1230. The molecule has 0 aliphatic heterocycles. The van der Waals surface area contributed by atoms with E-state index in [0.717, 1.165) is 6.07 Å². The molecule has 0 unspecified atom stereocenters. The van der Waals surface area contributed by atoms with E-state index in [-0.39, 0.29) is 11.5 Å². The van der Waals surface area contributed by atoms with Crippen molar-refractivity contribution in [3.05, 3.63) is 86.1 Å². The summed E-state index contributed by atoms with van der Waals surface area (Å²) in [5.41, 5.74) is -2.22. The number of hydrogen-bond acceptors (Lipinski definition) is 7. The number of nitro groups is 1. The van der Waals surface area contributed by atoms with Crippen molar-refractivity contribution < 1.29 is 37.2 Å². The number of carbonyl (C=O) groups is 3. The van der Waals surface area contributed by atoms with Gasteiger partial charge in [0.1, 0.15) is 5.69 Å². The van der Waals surface area contributed by atoms with Gasteiger partial charge >= 0.3 is 12.1 Å². The van der Waals surface area contributed by atoms with Crippen LogP contribution < -0.4 is 10.6 Å². The van der Waals surface area contributed by atoms with Crippen LogP contribution in [0.1, 0.15) is 25.6 Å². The molecule has 0 saturated heterocycles. The molecule has 2 aromatic carbocycles. The first-order chi connectivity index (χ1) is 16.0. The molecule has 9 nitrogen and oxygen atoms in total. The number of hydrogen-bond donors (Lipinski definition) is 2. The van der Waals surface area contributed by atoms with Crippen LogP contribution >= 0.6 is 11.3 Å². The topological polar surface area (TPSA) is 128 Å². The zero-order chi connectivity index (χ0) is 24.9. The summed E-state index contributed by atoms with van der Waals surface area (Å²) >= 11 is 1.26. The van der Waals surface area contributed by atoms with Gasteiger partial charge in [0, 0.05) is 11.8 Å². The third-order valence-electron chi connectivity index (χ3n) is 4.25. The SMILES string of the molecule is O=C(COC(=O)c1ccc(NC(=O)c2cccs2)cc1)Nc1ccc(C(F)(F)F)cc1[N+](=O)[O-]. The Kier molecular flexibility index (Phi) is 7.26. The summed E-state index contributed by atoms with van der Waals surface area (Å²) in [6.07, 6.45) is -4.80. The molecule has 0 radical (unpaired) electrons. The Morgan fingerprint density at radius 1 is 1.03 bits per heavy atom. The van der Waals surface area contributed by atoms with Crippen LogP contribution in [-0.2, 0) is 15.7 Å². The molecule has 34 heavy (non-hydrogen) atoms. The fourth-order valence-electron chi connectivity index (χ4n) is 2.66. The fraction of sp³-hybridized carbons (Fsp3) is 0.0952. The van der Waals surface area contributed by atoms with Crippen LogP contribution in [0, 0.1) is 10.1 Å². The second-order valence-electron chi connectivity index (χ2n) is 6.62. The van der Waals surface area contributed by atoms with E-state index in [4.69, 9.17) is 4.74 Å². The molecular formula is C21H14F3N3O6S. The number of thiophene rings is 1. The summed E-state index contributed by atoms with van der Waals surface area (Å²) in [5, 5.41) is 17.5. The Labute approximate surface area is 193 Å². The van der Waals surface area contributed by atoms with E-state index in [2.05, 4.69) is 5.32 Å². The average Bonchev–Trinajstić information content (AvgIpc) is 3.32. The predicted octanol–water partition coefficient (Wildman–Crippen LogP) is 4.72. The third kappa shape index (κ3) is 6.16. The molecule has 1 aromatic heterocycles. The lowest BCUT2D eigenvalue weighted by molar-refractivity contribution is -0.384. The maximum absolute atomic E-state index is 12.8. The third-order valence-corrected chi connectivity index (χ3v) is 5.12. The van der Waals surface area contributed by atoms with Gasteiger partial charge in [-0.3, -0.25) is 19.7 Å². The molecule has 3 rings (SSSR count). The van der Waals surface area contributed by atoms with Gasteiger partial charge in [-0.2, -0.15) is 13.2 Å². The van der Waals surface area contributed by atoms with Gasteiger partial charge in [-0.05, 0) is 47.8 Å². The first-order valence-corrected chi connectivity index (χ1v) is 10.2. The van der Waals surface area contributed by atoms with Crippen molar-refractivity contribution in [2.45, 2.75) is 6.18 Å². The van der Waals surface area contributed by atoms with E-state index < -0.39 is 46.5 Å². The minimum atomic E-state index is -4.80. The highest BCUT2D eigenvalue weighted by molar-refractivity contribution is 7.12. The Morgan fingerprint density at radius 2 is 1.74 bits per heavy atom. The number of esters is 1. The van der Waals surface area contributed by atoms with Crippen molar-refractivity contribution in [2.75, 3.05) is 17.2 Å². The maximum Gasteiger partial charge on any atom is 0.416 e. The fourth-order valence-corrected chi connectivity index (χ4v) is 3.27. The molecule has 3 aromatic rings. The number of nitrogens with one attached hydrogen (secondary N) is 2. The largest absolute Gasteiger partial charge is 0.452 e. The average molecular weight is 493 g/mol. The van der Waals surface area contributed by atoms with Crippen molar-refractivity contribution in [1.29, 1.82) is 0 Å². The summed E-state index contributed by atoms with van der Waals surface area (Å²) in [5.74, 6) is -2.21. The normalized spacial score (nSPS) is 10.9. The van der Waals surface area contributed by atoms with Gasteiger partial charge < -0.3 is 15.4 Å². The lowest BCUT2D eigenvalue weighted by Gasteiger charge is -2.10. The summed E-state index contributed by atoms with van der Waals surface area (Å²) in [6.45, 7) is -0.839. The standard InChI is InChI=1S/C21H14F3N3O6S/c22-21(23,24)13-5-8-15(16(10-13)27(31)32)26-18(28)11-33-20(30)12-3-6-14(7-4-12)25-19(29)17-2-1-9-34-17/h1-10H,11H2,(H,25,29)(H,26,28). The summed E-state index contributed by atoms with van der Waals surface area (Å²) in [4.78, 5) is 46.7. The highest BCUT2D eigenvalue weighted by Crippen LogP contribution is 2.34. The number of amides is 2. The Balaban J connectivity index is 1.57. The highest BCUT2D eigenvalue weighted by Gasteiger charge is 2.33. The monoisotopic (exact) mass is 493 g/mol. The van der Waals surface area contributed by atoms with Crippen LogP contribution in [0.25, 0.3) is 0 Å². The van der Waals surface area contributed by atoms with Crippen molar-refractivity contribution in [3.63, 3.8) is 0 Å².